The number of aromatic nitrogens is 1. The molecule has 2 rings (SSSR count). The summed E-state index contributed by atoms with van der Waals surface area (Å²) in [6.07, 6.45) is 3.72. The van der Waals surface area contributed by atoms with Crippen molar-refractivity contribution in [1.82, 2.24) is 4.98 Å². The number of aliphatic hydroxyl groups is 1. The van der Waals surface area contributed by atoms with Crippen LogP contribution in [0.1, 0.15) is 37.8 Å². The Bertz CT molecular complexity index is 410. The number of carbonyl (C=O) groups is 1. The molecule has 0 atom stereocenters. The maximum Gasteiger partial charge on any atom is 0.231 e. The Hall–Kier alpha value is -0.940. The first-order valence-corrected chi connectivity index (χ1v) is 6.79. The van der Waals surface area contributed by atoms with Gasteiger partial charge >= 0.3 is 0 Å². The fraction of sp³-hybridized carbons (Fsp3) is 0.667. The predicted molar refractivity (Wildman–Crippen MR) is 68.3 cm³/mol. The van der Waals surface area contributed by atoms with E-state index in [1.165, 1.54) is 11.3 Å². The Kier molecular flexibility index (Phi) is 3.49. The van der Waals surface area contributed by atoms with Gasteiger partial charge in [0.25, 0.3) is 0 Å². The van der Waals surface area contributed by atoms with Crippen LogP contribution in [0.2, 0.25) is 0 Å². The molecule has 1 aliphatic rings. The van der Waals surface area contributed by atoms with Gasteiger partial charge in [-0.15, -0.1) is 11.3 Å². The monoisotopic (exact) mass is 254 g/mol. The van der Waals surface area contributed by atoms with Gasteiger partial charge in [0.1, 0.15) is 0 Å². The normalized spacial score (nSPS) is 18.3. The van der Waals surface area contributed by atoms with Crippen LogP contribution in [0, 0.1) is 6.92 Å². The van der Waals surface area contributed by atoms with Crippen LogP contribution < -0.4 is 4.90 Å². The molecule has 0 unspecified atom stereocenters. The highest BCUT2D eigenvalue weighted by molar-refractivity contribution is 7.14. The van der Waals surface area contributed by atoms with E-state index in [1.54, 1.807) is 11.9 Å². The van der Waals surface area contributed by atoms with Crippen molar-refractivity contribution in [1.29, 1.82) is 0 Å². The summed E-state index contributed by atoms with van der Waals surface area (Å²) < 4.78 is 0. The first-order valence-electron chi connectivity index (χ1n) is 5.91. The average Bonchev–Trinajstić information content (AvgIpc) is 2.86. The van der Waals surface area contributed by atoms with Gasteiger partial charge in [0, 0.05) is 12.4 Å². The number of carbonyl (C=O) groups excluding carboxylic acids is 1. The van der Waals surface area contributed by atoms with Crippen molar-refractivity contribution in [2.24, 2.45) is 0 Å². The van der Waals surface area contributed by atoms with Crippen molar-refractivity contribution >= 4 is 22.4 Å². The average molecular weight is 254 g/mol. The van der Waals surface area contributed by atoms with Gasteiger partial charge in [0.15, 0.2) is 5.13 Å². The van der Waals surface area contributed by atoms with Gasteiger partial charge < -0.3 is 5.11 Å². The number of nitrogens with zero attached hydrogens (tertiary/aromatic N) is 2. The highest BCUT2D eigenvalue weighted by Gasteiger charge is 2.34. The minimum Gasteiger partial charge on any atom is -0.389 e. The molecule has 1 aromatic heterocycles. The molecule has 0 saturated heterocycles. The van der Waals surface area contributed by atoms with E-state index in [1.807, 2.05) is 12.3 Å². The predicted octanol–water partition coefficient (Wildman–Crippen LogP) is 2.11. The SMILES string of the molecule is Cc1csc(N(C)C(=O)CC2(O)CCCC2)n1. The van der Waals surface area contributed by atoms with Crippen LogP contribution in [0.5, 0.6) is 0 Å². The molecule has 94 valence electrons. The summed E-state index contributed by atoms with van der Waals surface area (Å²) in [4.78, 5) is 17.9. The summed E-state index contributed by atoms with van der Waals surface area (Å²) >= 11 is 1.46. The van der Waals surface area contributed by atoms with Crippen LogP contribution in [0.4, 0.5) is 5.13 Å². The smallest absolute Gasteiger partial charge is 0.231 e. The lowest BCUT2D eigenvalue weighted by atomic mass is 9.97. The molecule has 1 heterocycles. The molecular formula is C12H18N2O2S. The minimum atomic E-state index is -0.780. The number of aryl methyl sites for hydroxylation is 1. The Balaban J connectivity index is 2.00. The van der Waals surface area contributed by atoms with Crippen LogP contribution in [0.15, 0.2) is 5.38 Å². The van der Waals surface area contributed by atoms with E-state index in [9.17, 15) is 9.90 Å². The van der Waals surface area contributed by atoms with E-state index in [-0.39, 0.29) is 12.3 Å². The second-order valence-corrected chi connectivity index (χ2v) is 5.67. The molecule has 1 fully saturated rings. The third-order valence-electron chi connectivity index (χ3n) is 3.28. The quantitative estimate of drug-likeness (QED) is 0.898. The van der Waals surface area contributed by atoms with Gasteiger partial charge in [0.05, 0.1) is 17.7 Å². The first kappa shape index (κ1) is 12.5. The Morgan fingerprint density at radius 2 is 2.24 bits per heavy atom. The lowest BCUT2D eigenvalue weighted by Crippen LogP contribution is -2.35. The Morgan fingerprint density at radius 1 is 1.59 bits per heavy atom. The lowest BCUT2D eigenvalue weighted by Gasteiger charge is -2.24. The zero-order valence-electron chi connectivity index (χ0n) is 10.3. The Labute approximate surface area is 105 Å². The molecule has 0 radical (unpaired) electrons. The van der Waals surface area contributed by atoms with Gasteiger partial charge in [0.2, 0.25) is 5.91 Å². The van der Waals surface area contributed by atoms with Crippen molar-refractivity contribution in [2.45, 2.75) is 44.6 Å². The van der Waals surface area contributed by atoms with Crippen LogP contribution >= 0.6 is 11.3 Å². The summed E-state index contributed by atoms with van der Waals surface area (Å²) in [7, 11) is 1.72. The van der Waals surface area contributed by atoms with Gasteiger partial charge in [-0.3, -0.25) is 9.69 Å². The molecule has 1 saturated carbocycles. The molecule has 5 heteroatoms. The number of rotatable bonds is 3. The standard InChI is InChI=1S/C12H18N2O2S/c1-9-8-17-11(13-9)14(2)10(15)7-12(16)5-3-4-6-12/h8,16H,3-7H2,1-2H3. The summed E-state index contributed by atoms with van der Waals surface area (Å²) in [6, 6.07) is 0. The number of hydrogen-bond acceptors (Lipinski definition) is 4. The topological polar surface area (TPSA) is 53.4 Å². The molecule has 0 bridgehead atoms. The third kappa shape index (κ3) is 2.84. The number of amides is 1. The van der Waals surface area contributed by atoms with Crippen LogP contribution in [0.3, 0.4) is 0 Å². The highest BCUT2D eigenvalue weighted by atomic mass is 32.1. The summed E-state index contributed by atoms with van der Waals surface area (Å²) in [5, 5.41) is 12.8. The lowest BCUT2D eigenvalue weighted by molar-refractivity contribution is -0.123. The molecule has 1 aliphatic carbocycles. The van der Waals surface area contributed by atoms with Crippen molar-refractivity contribution in [2.75, 3.05) is 11.9 Å². The van der Waals surface area contributed by atoms with Crippen molar-refractivity contribution in [3.63, 3.8) is 0 Å². The molecule has 0 aromatic carbocycles. The van der Waals surface area contributed by atoms with E-state index in [0.717, 1.165) is 31.4 Å². The molecule has 0 aliphatic heterocycles. The van der Waals surface area contributed by atoms with E-state index >= 15 is 0 Å². The maximum atomic E-state index is 12.0. The summed E-state index contributed by atoms with van der Waals surface area (Å²) in [5.74, 6) is -0.0521. The highest BCUT2D eigenvalue weighted by Crippen LogP contribution is 2.33. The van der Waals surface area contributed by atoms with E-state index < -0.39 is 5.60 Å². The molecule has 1 N–H and O–H groups in total. The summed E-state index contributed by atoms with van der Waals surface area (Å²) in [5.41, 5.74) is 0.140. The maximum absolute atomic E-state index is 12.0. The van der Waals surface area contributed by atoms with Gasteiger partial charge in [-0.05, 0) is 19.8 Å². The second kappa shape index (κ2) is 4.74. The number of thiazole rings is 1. The van der Waals surface area contributed by atoms with E-state index in [4.69, 9.17) is 0 Å². The van der Waals surface area contributed by atoms with Crippen molar-refractivity contribution in [3.8, 4) is 0 Å². The second-order valence-electron chi connectivity index (χ2n) is 4.83. The zero-order chi connectivity index (χ0) is 12.5. The zero-order valence-corrected chi connectivity index (χ0v) is 11.1. The molecule has 1 amide bonds. The largest absolute Gasteiger partial charge is 0.389 e. The van der Waals surface area contributed by atoms with Crippen molar-refractivity contribution < 1.29 is 9.90 Å². The van der Waals surface area contributed by atoms with Gasteiger partial charge in [-0.1, -0.05) is 12.8 Å². The van der Waals surface area contributed by atoms with Gasteiger partial charge in [-0.2, -0.15) is 0 Å². The molecule has 17 heavy (non-hydrogen) atoms. The minimum absolute atomic E-state index is 0.0521. The third-order valence-corrected chi connectivity index (χ3v) is 4.32. The van der Waals surface area contributed by atoms with Gasteiger partial charge in [-0.25, -0.2) is 4.98 Å². The van der Waals surface area contributed by atoms with Crippen LogP contribution in [-0.4, -0.2) is 28.6 Å². The fourth-order valence-electron chi connectivity index (χ4n) is 2.21. The number of anilines is 1. The molecule has 4 nitrogen and oxygen atoms in total. The number of hydrogen-bond donors (Lipinski definition) is 1. The van der Waals surface area contributed by atoms with Crippen LogP contribution in [0.25, 0.3) is 0 Å². The van der Waals surface area contributed by atoms with E-state index in [2.05, 4.69) is 4.98 Å². The molecule has 0 spiro atoms. The Morgan fingerprint density at radius 3 is 2.76 bits per heavy atom. The molecular weight excluding hydrogens is 236 g/mol. The summed E-state index contributed by atoms with van der Waals surface area (Å²) in [6.45, 7) is 1.91. The van der Waals surface area contributed by atoms with E-state index in [0.29, 0.717) is 5.13 Å². The molecule has 1 aromatic rings. The van der Waals surface area contributed by atoms with Crippen molar-refractivity contribution in [3.05, 3.63) is 11.1 Å². The fourth-order valence-corrected chi connectivity index (χ4v) is 3.00. The van der Waals surface area contributed by atoms with Crippen LogP contribution in [-0.2, 0) is 4.79 Å². The first-order chi connectivity index (χ1) is 8.00.